The van der Waals surface area contributed by atoms with Gasteiger partial charge in [-0.3, -0.25) is 4.79 Å². The number of hydrogen-bond acceptors (Lipinski definition) is 6. The van der Waals surface area contributed by atoms with Gasteiger partial charge in [0, 0.05) is 6.20 Å². The van der Waals surface area contributed by atoms with Crippen LogP contribution in [-0.2, 0) is 4.79 Å². The highest BCUT2D eigenvalue weighted by atomic mass is 32.2. The first-order chi connectivity index (χ1) is 9.58. The van der Waals surface area contributed by atoms with E-state index < -0.39 is 0 Å². The van der Waals surface area contributed by atoms with Crippen molar-refractivity contribution < 1.29 is 4.79 Å². The van der Waals surface area contributed by atoms with Gasteiger partial charge in [0.05, 0.1) is 5.25 Å². The van der Waals surface area contributed by atoms with E-state index in [1.54, 1.807) is 6.20 Å². The number of nitrogens with zero attached hydrogens (tertiary/aromatic N) is 3. The maximum atomic E-state index is 12.3. The second-order valence-corrected chi connectivity index (χ2v) is 6.94. The van der Waals surface area contributed by atoms with E-state index in [9.17, 15) is 4.79 Å². The summed E-state index contributed by atoms with van der Waals surface area (Å²) < 4.78 is 0.821. The Morgan fingerprint density at radius 2 is 2.25 bits per heavy atom. The van der Waals surface area contributed by atoms with Crippen LogP contribution >= 0.6 is 23.1 Å². The molecule has 0 aromatic carbocycles. The predicted octanol–water partition coefficient (Wildman–Crippen LogP) is 3.06. The monoisotopic (exact) mass is 308 g/mol. The highest BCUT2D eigenvalue weighted by Gasteiger charge is 2.20. The molecule has 2 aromatic heterocycles. The van der Waals surface area contributed by atoms with Crippen molar-refractivity contribution in [1.29, 1.82) is 0 Å². The summed E-state index contributed by atoms with van der Waals surface area (Å²) in [4.78, 5) is 16.4. The number of carbonyl (C=O) groups excluding carboxylic acids is 1. The minimum Gasteiger partial charge on any atom is -0.310 e. The van der Waals surface area contributed by atoms with Crippen molar-refractivity contribution in [3.63, 3.8) is 0 Å². The van der Waals surface area contributed by atoms with Crippen LogP contribution in [-0.4, -0.2) is 26.3 Å². The van der Waals surface area contributed by atoms with Crippen LogP contribution in [0.15, 0.2) is 22.7 Å². The molecule has 2 heterocycles. The minimum atomic E-state index is -0.190. The zero-order valence-electron chi connectivity index (χ0n) is 11.6. The summed E-state index contributed by atoms with van der Waals surface area (Å²) >= 11 is 2.95. The van der Waals surface area contributed by atoms with Gasteiger partial charge in [-0.2, -0.15) is 0 Å². The number of rotatable bonds is 5. The Hall–Kier alpha value is -1.47. The zero-order chi connectivity index (χ0) is 14.5. The molecule has 0 saturated heterocycles. The van der Waals surface area contributed by atoms with Gasteiger partial charge in [0.25, 0.3) is 0 Å². The highest BCUT2D eigenvalue weighted by molar-refractivity contribution is 8.02. The second kappa shape index (κ2) is 6.81. The molecule has 0 aliphatic heterocycles. The molecule has 0 aliphatic carbocycles. The van der Waals surface area contributed by atoms with Gasteiger partial charge in [0.1, 0.15) is 10.8 Å². The summed E-state index contributed by atoms with van der Waals surface area (Å²) in [6, 6.07) is 3.75. The van der Waals surface area contributed by atoms with Gasteiger partial charge >= 0.3 is 0 Å². The molecule has 0 saturated carbocycles. The van der Waals surface area contributed by atoms with Gasteiger partial charge in [0.2, 0.25) is 5.91 Å². The molecule has 0 bridgehead atoms. The molecule has 0 aliphatic rings. The van der Waals surface area contributed by atoms with Crippen molar-refractivity contribution in [3.8, 4) is 0 Å². The fourth-order valence-electron chi connectivity index (χ4n) is 1.58. The van der Waals surface area contributed by atoms with Gasteiger partial charge in [-0.15, -0.1) is 10.2 Å². The third kappa shape index (κ3) is 4.01. The summed E-state index contributed by atoms with van der Waals surface area (Å²) in [5.74, 6) is 0.533. The molecule has 0 radical (unpaired) electrons. The molecule has 20 heavy (non-hydrogen) atoms. The SMILES string of the molecule is CCC(Sc1nnc(C)s1)C(=O)Nc1cc(C)ccn1. The van der Waals surface area contributed by atoms with Crippen LogP contribution in [0.25, 0.3) is 0 Å². The van der Waals surface area contributed by atoms with Crippen molar-refractivity contribution in [3.05, 3.63) is 28.9 Å². The molecule has 1 amide bonds. The van der Waals surface area contributed by atoms with Crippen molar-refractivity contribution in [2.24, 2.45) is 0 Å². The zero-order valence-corrected chi connectivity index (χ0v) is 13.2. The average molecular weight is 308 g/mol. The van der Waals surface area contributed by atoms with E-state index in [0.29, 0.717) is 5.82 Å². The molecule has 0 spiro atoms. The van der Waals surface area contributed by atoms with Gasteiger partial charge in [-0.05, 0) is 38.0 Å². The Kier molecular flexibility index (Phi) is 5.08. The van der Waals surface area contributed by atoms with Crippen LogP contribution in [0.4, 0.5) is 5.82 Å². The quantitative estimate of drug-likeness (QED) is 0.860. The number of aryl methyl sites for hydroxylation is 2. The van der Waals surface area contributed by atoms with Crippen LogP contribution in [0.5, 0.6) is 0 Å². The maximum absolute atomic E-state index is 12.3. The summed E-state index contributed by atoms with van der Waals surface area (Å²) in [5, 5.41) is 11.6. The molecule has 7 heteroatoms. The van der Waals surface area contributed by atoms with Crippen molar-refractivity contribution in [1.82, 2.24) is 15.2 Å². The molecular formula is C13H16N4OS2. The number of anilines is 1. The van der Waals surface area contributed by atoms with Crippen molar-refractivity contribution >= 4 is 34.8 Å². The average Bonchev–Trinajstić information content (AvgIpc) is 2.81. The van der Waals surface area contributed by atoms with Crippen LogP contribution in [0.3, 0.4) is 0 Å². The Morgan fingerprint density at radius 3 is 2.85 bits per heavy atom. The number of thioether (sulfide) groups is 1. The number of aromatic nitrogens is 3. The molecular weight excluding hydrogens is 292 g/mol. The lowest BCUT2D eigenvalue weighted by atomic mass is 10.3. The van der Waals surface area contributed by atoms with Gasteiger partial charge in [-0.25, -0.2) is 4.98 Å². The van der Waals surface area contributed by atoms with Gasteiger partial charge in [0.15, 0.2) is 4.34 Å². The fourth-order valence-corrected chi connectivity index (χ4v) is 3.56. The highest BCUT2D eigenvalue weighted by Crippen LogP contribution is 2.28. The van der Waals surface area contributed by atoms with Crippen LogP contribution < -0.4 is 5.32 Å². The van der Waals surface area contributed by atoms with Crippen LogP contribution in [0.2, 0.25) is 0 Å². The smallest absolute Gasteiger partial charge is 0.239 e. The van der Waals surface area contributed by atoms with E-state index in [1.165, 1.54) is 23.1 Å². The second-order valence-electron chi connectivity index (χ2n) is 4.31. The lowest BCUT2D eigenvalue weighted by molar-refractivity contribution is -0.115. The molecule has 1 unspecified atom stereocenters. The molecule has 2 aromatic rings. The largest absolute Gasteiger partial charge is 0.310 e. The third-order valence-corrected chi connectivity index (χ3v) is 4.87. The van der Waals surface area contributed by atoms with Crippen LogP contribution in [0, 0.1) is 13.8 Å². The van der Waals surface area contributed by atoms with Gasteiger partial charge in [-0.1, -0.05) is 30.0 Å². The molecule has 1 N–H and O–H groups in total. The summed E-state index contributed by atoms with van der Waals surface area (Å²) in [7, 11) is 0. The lowest BCUT2D eigenvalue weighted by Crippen LogP contribution is -2.25. The molecule has 5 nitrogen and oxygen atoms in total. The van der Waals surface area contributed by atoms with E-state index in [-0.39, 0.29) is 11.2 Å². The molecule has 0 fully saturated rings. The third-order valence-electron chi connectivity index (χ3n) is 2.58. The number of pyridine rings is 1. The Labute approximate surface area is 126 Å². The standard InChI is InChI=1S/C13H16N4OS2/c1-4-10(20-13-17-16-9(3)19-13)12(18)15-11-7-8(2)5-6-14-11/h5-7,10H,4H2,1-3H3,(H,14,15,18). The van der Waals surface area contributed by atoms with Crippen molar-refractivity contribution in [2.45, 2.75) is 36.8 Å². The molecule has 2 rings (SSSR count). The summed E-state index contributed by atoms with van der Waals surface area (Å²) in [6.07, 6.45) is 2.41. The summed E-state index contributed by atoms with van der Waals surface area (Å²) in [5.41, 5.74) is 1.07. The maximum Gasteiger partial charge on any atom is 0.239 e. The lowest BCUT2D eigenvalue weighted by Gasteiger charge is -2.12. The minimum absolute atomic E-state index is 0.0524. The first-order valence-corrected chi connectivity index (χ1v) is 7.98. The summed E-state index contributed by atoms with van der Waals surface area (Å²) in [6.45, 7) is 5.85. The topological polar surface area (TPSA) is 67.8 Å². The van der Waals surface area contributed by atoms with Crippen LogP contribution in [0.1, 0.15) is 23.9 Å². The van der Waals surface area contributed by atoms with E-state index in [1.807, 2.05) is 32.9 Å². The number of amides is 1. The number of hydrogen-bond donors (Lipinski definition) is 1. The first kappa shape index (κ1) is 14.9. The Morgan fingerprint density at radius 1 is 1.45 bits per heavy atom. The van der Waals surface area contributed by atoms with E-state index in [0.717, 1.165) is 21.3 Å². The predicted molar refractivity (Wildman–Crippen MR) is 82.2 cm³/mol. The van der Waals surface area contributed by atoms with E-state index in [2.05, 4.69) is 20.5 Å². The first-order valence-electron chi connectivity index (χ1n) is 6.28. The normalized spacial score (nSPS) is 12.2. The fraction of sp³-hybridized carbons (Fsp3) is 0.385. The molecule has 106 valence electrons. The Bertz CT molecular complexity index is 600. The molecule has 1 atom stereocenters. The number of carbonyl (C=O) groups is 1. The van der Waals surface area contributed by atoms with Crippen molar-refractivity contribution in [2.75, 3.05) is 5.32 Å². The van der Waals surface area contributed by atoms with Gasteiger partial charge < -0.3 is 5.32 Å². The number of nitrogens with one attached hydrogen (secondary N) is 1. The van der Waals surface area contributed by atoms with E-state index in [4.69, 9.17) is 0 Å². The Balaban J connectivity index is 2.02. The van der Waals surface area contributed by atoms with E-state index >= 15 is 0 Å².